The van der Waals surface area contributed by atoms with Crippen LogP contribution in [0.2, 0.25) is 0 Å². The fourth-order valence-electron chi connectivity index (χ4n) is 3.04. The second-order valence-electron chi connectivity index (χ2n) is 6.24. The Morgan fingerprint density at radius 3 is 2.88 bits per heavy atom. The Labute approximate surface area is 163 Å². The Morgan fingerprint density at radius 1 is 1.15 bits per heavy atom. The minimum Gasteiger partial charge on any atom is -0.355 e. The van der Waals surface area contributed by atoms with Gasteiger partial charge in [0.1, 0.15) is 0 Å². The number of nitrogens with one attached hydrogen (secondary N) is 1. The van der Waals surface area contributed by atoms with E-state index in [0.29, 0.717) is 12.3 Å². The highest BCUT2D eigenvalue weighted by Crippen LogP contribution is 2.27. The summed E-state index contributed by atoms with van der Waals surface area (Å²) in [5.41, 5.74) is 4.70. The molecule has 3 rings (SSSR count). The SMILES string of the molecule is N#Cc1ccccc1CSCCNC(=O)CSc1ccc2c(c1)CCC2. The van der Waals surface area contributed by atoms with E-state index in [9.17, 15) is 4.79 Å². The van der Waals surface area contributed by atoms with Gasteiger partial charge in [-0.2, -0.15) is 17.0 Å². The topological polar surface area (TPSA) is 52.9 Å². The lowest BCUT2D eigenvalue weighted by atomic mass is 10.1. The number of carbonyl (C=O) groups excluding carboxylic acids is 1. The number of amides is 1. The molecule has 5 heteroatoms. The van der Waals surface area contributed by atoms with Crippen LogP contribution in [0.3, 0.4) is 0 Å². The van der Waals surface area contributed by atoms with Crippen molar-refractivity contribution in [2.24, 2.45) is 0 Å². The molecule has 0 bridgehead atoms. The fourth-order valence-corrected chi connectivity index (χ4v) is 4.69. The number of fused-ring (bicyclic) bond motifs is 1. The van der Waals surface area contributed by atoms with Gasteiger partial charge < -0.3 is 5.32 Å². The van der Waals surface area contributed by atoms with Crippen LogP contribution in [0, 0.1) is 11.3 Å². The Morgan fingerprint density at radius 2 is 2.00 bits per heavy atom. The fraction of sp³-hybridized carbons (Fsp3) is 0.333. The summed E-state index contributed by atoms with van der Waals surface area (Å²) in [7, 11) is 0. The summed E-state index contributed by atoms with van der Waals surface area (Å²) in [6.07, 6.45) is 3.61. The zero-order valence-corrected chi connectivity index (χ0v) is 16.3. The van der Waals surface area contributed by atoms with Crippen LogP contribution in [0.15, 0.2) is 47.4 Å². The van der Waals surface area contributed by atoms with Gasteiger partial charge in [0.15, 0.2) is 0 Å². The third-order valence-electron chi connectivity index (χ3n) is 4.40. The van der Waals surface area contributed by atoms with Crippen LogP contribution in [0.25, 0.3) is 0 Å². The normalized spacial score (nSPS) is 12.4. The molecule has 1 aliphatic carbocycles. The van der Waals surface area contributed by atoms with E-state index in [1.165, 1.54) is 35.3 Å². The van der Waals surface area contributed by atoms with Crippen LogP contribution < -0.4 is 5.32 Å². The number of carbonyl (C=O) groups is 1. The summed E-state index contributed by atoms with van der Waals surface area (Å²) < 4.78 is 0. The summed E-state index contributed by atoms with van der Waals surface area (Å²) >= 11 is 3.34. The van der Waals surface area contributed by atoms with Crippen LogP contribution in [-0.4, -0.2) is 24.0 Å². The average molecular weight is 383 g/mol. The minimum atomic E-state index is 0.0773. The first kappa shape index (κ1) is 18.9. The second kappa shape index (κ2) is 9.70. The molecular weight excluding hydrogens is 360 g/mol. The largest absolute Gasteiger partial charge is 0.355 e. The first-order valence-electron chi connectivity index (χ1n) is 8.83. The van der Waals surface area contributed by atoms with Gasteiger partial charge in [0.2, 0.25) is 5.91 Å². The number of benzene rings is 2. The van der Waals surface area contributed by atoms with Crippen molar-refractivity contribution in [3.63, 3.8) is 0 Å². The molecule has 0 unspecified atom stereocenters. The third-order valence-corrected chi connectivity index (χ3v) is 6.41. The molecule has 0 fully saturated rings. The first-order valence-corrected chi connectivity index (χ1v) is 11.0. The van der Waals surface area contributed by atoms with Crippen molar-refractivity contribution in [3.05, 3.63) is 64.7 Å². The molecule has 0 aromatic heterocycles. The van der Waals surface area contributed by atoms with Gasteiger partial charge >= 0.3 is 0 Å². The lowest BCUT2D eigenvalue weighted by Gasteiger charge is -2.07. The van der Waals surface area contributed by atoms with Gasteiger partial charge in [0, 0.05) is 22.9 Å². The molecule has 0 radical (unpaired) electrons. The van der Waals surface area contributed by atoms with E-state index in [4.69, 9.17) is 5.26 Å². The summed E-state index contributed by atoms with van der Waals surface area (Å²) in [5.74, 6) is 2.17. The smallest absolute Gasteiger partial charge is 0.230 e. The molecule has 0 heterocycles. The van der Waals surface area contributed by atoms with Gasteiger partial charge in [-0.1, -0.05) is 24.3 Å². The number of rotatable bonds is 8. The number of aryl methyl sites for hydroxylation is 2. The van der Waals surface area contributed by atoms with Crippen molar-refractivity contribution in [2.45, 2.75) is 29.9 Å². The van der Waals surface area contributed by atoms with Crippen LogP contribution in [0.1, 0.15) is 28.7 Å². The second-order valence-corrected chi connectivity index (χ2v) is 8.40. The third kappa shape index (κ3) is 5.30. The molecule has 26 heavy (non-hydrogen) atoms. The monoisotopic (exact) mass is 382 g/mol. The van der Waals surface area contributed by atoms with Crippen molar-refractivity contribution < 1.29 is 4.79 Å². The highest BCUT2D eigenvalue weighted by molar-refractivity contribution is 8.00. The molecule has 0 aliphatic heterocycles. The van der Waals surface area contributed by atoms with Gasteiger partial charge in [-0.25, -0.2) is 0 Å². The van der Waals surface area contributed by atoms with Gasteiger partial charge in [0.25, 0.3) is 0 Å². The number of nitrogens with zero attached hydrogens (tertiary/aromatic N) is 1. The average Bonchev–Trinajstić information content (AvgIpc) is 3.14. The Balaban J connectivity index is 1.33. The van der Waals surface area contributed by atoms with Crippen LogP contribution in [-0.2, 0) is 23.4 Å². The van der Waals surface area contributed by atoms with Gasteiger partial charge in [-0.15, -0.1) is 11.8 Å². The van der Waals surface area contributed by atoms with E-state index in [1.54, 1.807) is 23.5 Å². The molecule has 1 amide bonds. The van der Waals surface area contributed by atoms with Crippen LogP contribution >= 0.6 is 23.5 Å². The maximum atomic E-state index is 12.0. The molecule has 134 valence electrons. The van der Waals surface area contributed by atoms with E-state index < -0.39 is 0 Å². The number of thioether (sulfide) groups is 2. The van der Waals surface area contributed by atoms with E-state index >= 15 is 0 Å². The summed E-state index contributed by atoms with van der Waals surface area (Å²) in [4.78, 5) is 13.2. The molecule has 0 atom stereocenters. The molecule has 0 spiro atoms. The predicted molar refractivity (Wildman–Crippen MR) is 110 cm³/mol. The summed E-state index contributed by atoms with van der Waals surface area (Å²) in [6.45, 7) is 0.656. The van der Waals surface area contributed by atoms with Gasteiger partial charge in [-0.05, 0) is 54.2 Å². The Kier molecular flexibility index (Phi) is 7.04. The standard InChI is InChI=1S/C21H22N2OS2/c22-13-18-4-1-2-5-19(18)14-25-11-10-23-21(24)15-26-20-9-8-16-6-3-7-17(16)12-20/h1-2,4-5,8-9,12H,3,6-7,10-11,14-15H2,(H,23,24). The van der Waals surface area contributed by atoms with Crippen molar-refractivity contribution in [1.82, 2.24) is 5.32 Å². The van der Waals surface area contributed by atoms with E-state index in [2.05, 4.69) is 29.6 Å². The first-order chi connectivity index (χ1) is 12.8. The summed E-state index contributed by atoms with van der Waals surface area (Å²) in [6, 6.07) is 16.4. The Hall–Kier alpha value is -1.90. The lowest BCUT2D eigenvalue weighted by Crippen LogP contribution is -2.27. The molecular formula is C21H22N2OS2. The molecule has 1 N–H and O–H groups in total. The van der Waals surface area contributed by atoms with E-state index in [0.717, 1.165) is 22.6 Å². The predicted octanol–water partition coefficient (Wildman–Crippen LogP) is 4.19. The maximum Gasteiger partial charge on any atom is 0.230 e. The molecule has 2 aromatic rings. The van der Waals surface area contributed by atoms with Crippen LogP contribution in [0.5, 0.6) is 0 Å². The number of nitriles is 1. The molecule has 0 saturated heterocycles. The highest BCUT2D eigenvalue weighted by atomic mass is 32.2. The molecule has 1 aliphatic rings. The zero-order valence-electron chi connectivity index (χ0n) is 14.7. The van der Waals surface area contributed by atoms with E-state index in [1.807, 2.05) is 24.3 Å². The van der Waals surface area contributed by atoms with Crippen molar-refractivity contribution in [2.75, 3.05) is 18.1 Å². The van der Waals surface area contributed by atoms with Gasteiger partial charge in [0.05, 0.1) is 17.4 Å². The minimum absolute atomic E-state index is 0.0773. The maximum absolute atomic E-state index is 12.0. The Bertz CT molecular complexity index is 814. The highest BCUT2D eigenvalue weighted by Gasteiger charge is 2.11. The van der Waals surface area contributed by atoms with Crippen molar-refractivity contribution in [1.29, 1.82) is 5.26 Å². The number of hydrogen-bond acceptors (Lipinski definition) is 4. The summed E-state index contributed by atoms with van der Waals surface area (Å²) in [5, 5.41) is 12.1. The molecule has 2 aromatic carbocycles. The molecule has 0 saturated carbocycles. The lowest BCUT2D eigenvalue weighted by molar-refractivity contribution is -0.118. The van der Waals surface area contributed by atoms with E-state index in [-0.39, 0.29) is 5.91 Å². The van der Waals surface area contributed by atoms with Crippen molar-refractivity contribution >= 4 is 29.4 Å². The van der Waals surface area contributed by atoms with Crippen molar-refractivity contribution in [3.8, 4) is 6.07 Å². The zero-order chi connectivity index (χ0) is 18.2. The van der Waals surface area contributed by atoms with Gasteiger partial charge in [-0.3, -0.25) is 4.79 Å². The number of hydrogen-bond donors (Lipinski definition) is 1. The van der Waals surface area contributed by atoms with Crippen LogP contribution in [0.4, 0.5) is 0 Å². The quantitative estimate of drug-likeness (QED) is 0.549. The molecule has 3 nitrogen and oxygen atoms in total.